The van der Waals surface area contributed by atoms with Crippen molar-refractivity contribution in [3.05, 3.63) is 42.5 Å². The number of hydrogen-bond donors (Lipinski definition) is 1. The van der Waals surface area contributed by atoms with Gasteiger partial charge in [0.05, 0.1) is 11.0 Å². The second-order valence-corrected chi connectivity index (χ2v) is 7.84. The van der Waals surface area contributed by atoms with Gasteiger partial charge in [-0.05, 0) is 43.5 Å². The molecule has 0 aliphatic carbocycles. The Balaban J connectivity index is 2.05. The van der Waals surface area contributed by atoms with E-state index in [2.05, 4.69) is 11.9 Å². The summed E-state index contributed by atoms with van der Waals surface area (Å²) in [6.45, 7) is 4.92. The smallest absolute Gasteiger partial charge is 0.251 e. The standard InChI is InChI=1S/C17H24N2O4S/c1-3-11-18-17(20)14-7-9-16(10-8-14)24(21,22)19(2)13-15-6-4-5-12-23-15/h3,7-10,15H,1,4-6,11-13H2,2H3,(H,18,20)/t15-/m0/s1. The van der Waals surface area contributed by atoms with E-state index < -0.39 is 10.0 Å². The number of benzene rings is 1. The van der Waals surface area contributed by atoms with Crippen molar-refractivity contribution in [1.82, 2.24) is 9.62 Å². The van der Waals surface area contributed by atoms with E-state index in [1.807, 2.05) is 0 Å². The molecule has 0 aromatic heterocycles. The third-order valence-electron chi connectivity index (χ3n) is 3.97. The van der Waals surface area contributed by atoms with E-state index >= 15 is 0 Å². The van der Waals surface area contributed by atoms with Gasteiger partial charge >= 0.3 is 0 Å². The molecule has 1 heterocycles. The van der Waals surface area contributed by atoms with Crippen molar-refractivity contribution >= 4 is 15.9 Å². The summed E-state index contributed by atoms with van der Waals surface area (Å²) in [5.41, 5.74) is 0.411. The quantitative estimate of drug-likeness (QED) is 0.759. The van der Waals surface area contributed by atoms with Crippen LogP contribution < -0.4 is 5.32 Å². The molecule has 6 nitrogen and oxygen atoms in total. The first-order valence-corrected chi connectivity index (χ1v) is 9.46. The van der Waals surface area contributed by atoms with E-state index in [4.69, 9.17) is 4.74 Å². The normalized spacial score (nSPS) is 18.3. The molecule has 0 saturated carbocycles. The third kappa shape index (κ3) is 4.66. The first kappa shape index (κ1) is 18.6. The molecule has 0 spiro atoms. The Bertz CT molecular complexity index is 664. The third-order valence-corrected chi connectivity index (χ3v) is 5.80. The van der Waals surface area contributed by atoms with E-state index in [9.17, 15) is 13.2 Å². The van der Waals surface area contributed by atoms with Crippen LogP contribution in [0.2, 0.25) is 0 Å². The number of nitrogens with zero attached hydrogens (tertiary/aromatic N) is 1. The summed E-state index contributed by atoms with van der Waals surface area (Å²) in [6, 6.07) is 5.93. The van der Waals surface area contributed by atoms with Gasteiger partial charge in [-0.3, -0.25) is 4.79 Å². The Morgan fingerprint density at radius 1 is 1.38 bits per heavy atom. The van der Waals surface area contributed by atoms with Crippen LogP contribution in [0.15, 0.2) is 41.8 Å². The van der Waals surface area contributed by atoms with Gasteiger partial charge < -0.3 is 10.1 Å². The second kappa shape index (κ2) is 8.41. The van der Waals surface area contributed by atoms with Crippen molar-refractivity contribution in [1.29, 1.82) is 0 Å². The van der Waals surface area contributed by atoms with Crippen LogP contribution in [-0.2, 0) is 14.8 Å². The van der Waals surface area contributed by atoms with Gasteiger partial charge in [-0.15, -0.1) is 6.58 Å². The Morgan fingerprint density at radius 3 is 2.67 bits per heavy atom. The zero-order valence-corrected chi connectivity index (χ0v) is 14.7. The maximum absolute atomic E-state index is 12.6. The van der Waals surface area contributed by atoms with Crippen molar-refractivity contribution in [3.8, 4) is 0 Å². The van der Waals surface area contributed by atoms with Crippen molar-refractivity contribution < 1.29 is 17.9 Å². The molecule has 1 saturated heterocycles. The van der Waals surface area contributed by atoms with E-state index in [1.54, 1.807) is 13.1 Å². The van der Waals surface area contributed by atoms with Crippen molar-refractivity contribution in [2.24, 2.45) is 0 Å². The van der Waals surface area contributed by atoms with Crippen molar-refractivity contribution in [3.63, 3.8) is 0 Å². The van der Waals surface area contributed by atoms with E-state index in [0.29, 0.717) is 25.3 Å². The monoisotopic (exact) mass is 352 g/mol. The lowest BCUT2D eigenvalue weighted by Crippen LogP contribution is -2.37. The molecular formula is C17H24N2O4S. The topological polar surface area (TPSA) is 75.7 Å². The van der Waals surface area contributed by atoms with E-state index in [0.717, 1.165) is 19.3 Å². The highest BCUT2D eigenvalue weighted by Crippen LogP contribution is 2.19. The van der Waals surface area contributed by atoms with Crippen molar-refractivity contribution in [2.75, 3.05) is 26.7 Å². The zero-order chi connectivity index (χ0) is 17.6. The minimum absolute atomic E-state index is 0.0533. The van der Waals surface area contributed by atoms with Gasteiger partial charge in [0.1, 0.15) is 0 Å². The fourth-order valence-electron chi connectivity index (χ4n) is 2.56. The summed E-state index contributed by atoms with van der Waals surface area (Å²) < 4.78 is 32.1. The van der Waals surface area contributed by atoms with Crippen LogP contribution in [0.25, 0.3) is 0 Å². The van der Waals surface area contributed by atoms with E-state index in [1.165, 1.54) is 28.6 Å². The average molecular weight is 352 g/mol. The highest BCUT2D eigenvalue weighted by Gasteiger charge is 2.25. The molecule has 1 amide bonds. The number of sulfonamides is 1. The number of amides is 1. The molecular weight excluding hydrogens is 328 g/mol. The summed E-state index contributed by atoms with van der Waals surface area (Å²) in [6.07, 6.45) is 4.50. The van der Waals surface area contributed by atoms with Crippen LogP contribution in [0.1, 0.15) is 29.6 Å². The number of ether oxygens (including phenoxy) is 1. The number of hydrogen-bond acceptors (Lipinski definition) is 4. The molecule has 132 valence electrons. The first-order chi connectivity index (χ1) is 11.4. The molecule has 0 radical (unpaired) electrons. The highest BCUT2D eigenvalue weighted by atomic mass is 32.2. The summed E-state index contributed by atoms with van der Waals surface area (Å²) in [4.78, 5) is 12.0. The summed E-state index contributed by atoms with van der Waals surface area (Å²) >= 11 is 0. The van der Waals surface area contributed by atoms with Gasteiger partial charge in [-0.25, -0.2) is 8.42 Å². The summed E-state index contributed by atoms with van der Waals surface area (Å²) in [5.74, 6) is -0.261. The molecule has 1 aliphatic rings. The molecule has 1 fully saturated rings. The Hall–Kier alpha value is -1.70. The summed E-state index contributed by atoms with van der Waals surface area (Å²) in [7, 11) is -2.04. The lowest BCUT2D eigenvalue weighted by molar-refractivity contribution is 0.00858. The molecule has 1 atom stereocenters. The molecule has 1 aliphatic heterocycles. The number of likely N-dealkylation sites (N-methyl/N-ethyl adjacent to an activating group) is 1. The Kier molecular flexibility index (Phi) is 6.53. The Morgan fingerprint density at radius 2 is 2.08 bits per heavy atom. The van der Waals surface area contributed by atoms with E-state index in [-0.39, 0.29) is 16.9 Å². The van der Waals surface area contributed by atoms with Crippen LogP contribution >= 0.6 is 0 Å². The molecule has 1 aromatic rings. The number of rotatable bonds is 7. The first-order valence-electron chi connectivity index (χ1n) is 8.02. The van der Waals surface area contributed by atoms with Gasteiger partial charge in [-0.1, -0.05) is 6.08 Å². The lowest BCUT2D eigenvalue weighted by Gasteiger charge is -2.27. The van der Waals surface area contributed by atoms with Crippen LogP contribution in [-0.4, -0.2) is 51.5 Å². The number of carbonyl (C=O) groups is 1. The predicted molar refractivity (Wildman–Crippen MR) is 92.4 cm³/mol. The molecule has 0 unspecified atom stereocenters. The van der Waals surface area contributed by atoms with Gasteiger partial charge in [-0.2, -0.15) is 4.31 Å². The molecule has 7 heteroatoms. The van der Waals surface area contributed by atoms with Gasteiger partial charge in [0, 0.05) is 32.3 Å². The van der Waals surface area contributed by atoms with Crippen LogP contribution in [0.5, 0.6) is 0 Å². The molecule has 0 bridgehead atoms. The van der Waals surface area contributed by atoms with Crippen LogP contribution in [0, 0.1) is 0 Å². The molecule has 2 rings (SSSR count). The number of nitrogens with one attached hydrogen (secondary N) is 1. The van der Waals surface area contributed by atoms with Crippen LogP contribution in [0.3, 0.4) is 0 Å². The van der Waals surface area contributed by atoms with Crippen molar-refractivity contribution in [2.45, 2.75) is 30.3 Å². The second-order valence-electron chi connectivity index (χ2n) is 5.80. The average Bonchev–Trinajstić information content (AvgIpc) is 2.60. The maximum atomic E-state index is 12.6. The minimum Gasteiger partial charge on any atom is -0.377 e. The fraction of sp³-hybridized carbons (Fsp3) is 0.471. The Labute approximate surface area is 143 Å². The fourth-order valence-corrected chi connectivity index (χ4v) is 3.76. The largest absolute Gasteiger partial charge is 0.377 e. The SMILES string of the molecule is C=CCNC(=O)c1ccc(S(=O)(=O)N(C)C[C@@H]2CCCCO2)cc1. The minimum atomic E-state index is -3.59. The van der Waals surface area contributed by atoms with Gasteiger partial charge in [0.15, 0.2) is 0 Å². The summed E-state index contributed by atoms with van der Waals surface area (Å²) in [5, 5.41) is 2.65. The lowest BCUT2D eigenvalue weighted by atomic mass is 10.1. The number of carbonyl (C=O) groups excluding carboxylic acids is 1. The highest BCUT2D eigenvalue weighted by molar-refractivity contribution is 7.89. The molecule has 1 N–H and O–H groups in total. The van der Waals surface area contributed by atoms with Crippen LogP contribution in [0.4, 0.5) is 0 Å². The van der Waals surface area contributed by atoms with Gasteiger partial charge in [0.25, 0.3) is 5.91 Å². The molecule has 1 aromatic carbocycles. The maximum Gasteiger partial charge on any atom is 0.251 e. The van der Waals surface area contributed by atoms with Gasteiger partial charge in [0.2, 0.25) is 10.0 Å². The predicted octanol–water partition coefficient (Wildman–Crippen LogP) is 1.79. The zero-order valence-electron chi connectivity index (χ0n) is 13.9. The molecule has 24 heavy (non-hydrogen) atoms.